The zero-order chi connectivity index (χ0) is 13.5. The number of aliphatic hydroxyl groups is 1. The van der Waals surface area contributed by atoms with Crippen LogP contribution in [0.5, 0.6) is 0 Å². The first-order chi connectivity index (χ1) is 9.08. The number of aliphatic hydroxyl groups excluding tert-OH is 1. The third-order valence-electron chi connectivity index (χ3n) is 4.12. The second-order valence-corrected chi connectivity index (χ2v) is 7.86. The van der Waals surface area contributed by atoms with Gasteiger partial charge < -0.3 is 5.11 Å². The van der Waals surface area contributed by atoms with E-state index >= 15 is 0 Å². The lowest BCUT2D eigenvalue weighted by molar-refractivity contribution is 0.0748. The van der Waals surface area contributed by atoms with Gasteiger partial charge in [0.2, 0.25) is 0 Å². The molecule has 0 aromatic carbocycles. The van der Waals surface area contributed by atoms with Crippen molar-refractivity contribution >= 4 is 9.84 Å². The fraction of sp³-hybridized carbons (Fsp3) is 0.833. The number of sulfone groups is 1. The third-order valence-corrected chi connectivity index (χ3v) is 6.40. The van der Waals surface area contributed by atoms with Gasteiger partial charge in [-0.25, -0.2) is 8.42 Å². The van der Waals surface area contributed by atoms with Crippen LogP contribution in [0.1, 0.15) is 50.0 Å². The van der Waals surface area contributed by atoms with E-state index in [4.69, 9.17) is 0 Å². The van der Waals surface area contributed by atoms with Crippen molar-refractivity contribution in [3.8, 4) is 0 Å². The van der Waals surface area contributed by atoms with Crippen LogP contribution in [0.15, 0.2) is 0 Å². The summed E-state index contributed by atoms with van der Waals surface area (Å²) in [4.78, 5) is 0. The van der Waals surface area contributed by atoms with Crippen LogP contribution in [0.3, 0.4) is 0 Å². The molecule has 1 saturated heterocycles. The normalized spacial score (nSPS) is 29.9. The molecule has 1 aromatic rings. The van der Waals surface area contributed by atoms with Gasteiger partial charge in [0.15, 0.2) is 9.84 Å². The van der Waals surface area contributed by atoms with E-state index in [0.717, 1.165) is 31.5 Å². The fourth-order valence-electron chi connectivity index (χ4n) is 3.04. The number of rotatable bonds is 2. The predicted octanol–water partition coefficient (Wildman–Crippen LogP) is 0.615. The summed E-state index contributed by atoms with van der Waals surface area (Å²) in [7, 11) is -3.01. The van der Waals surface area contributed by atoms with Gasteiger partial charge in [0, 0.05) is 12.8 Å². The second-order valence-electron chi connectivity index (χ2n) is 5.46. The van der Waals surface area contributed by atoms with Crippen LogP contribution in [0.4, 0.5) is 0 Å². The first-order valence-corrected chi connectivity index (χ1v) is 8.62. The van der Waals surface area contributed by atoms with Gasteiger partial charge in [-0.05, 0) is 25.7 Å². The average molecular weight is 285 g/mol. The van der Waals surface area contributed by atoms with Crippen LogP contribution in [0.25, 0.3) is 0 Å². The Balaban J connectivity index is 1.86. The molecule has 2 aliphatic rings. The lowest BCUT2D eigenvalue weighted by atomic mass is 10.1. The molecule has 0 radical (unpaired) electrons. The van der Waals surface area contributed by atoms with E-state index < -0.39 is 16.1 Å². The quantitative estimate of drug-likeness (QED) is 0.860. The minimum Gasteiger partial charge on any atom is -0.373 e. The van der Waals surface area contributed by atoms with Crippen molar-refractivity contribution in [3.05, 3.63) is 11.6 Å². The van der Waals surface area contributed by atoms with Crippen molar-refractivity contribution in [1.82, 2.24) is 14.8 Å². The third kappa shape index (κ3) is 2.41. The summed E-state index contributed by atoms with van der Waals surface area (Å²) >= 11 is 0. The Hall–Kier alpha value is -0.950. The minimum absolute atomic E-state index is 0.279. The van der Waals surface area contributed by atoms with Crippen LogP contribution in [0, 0.1) is 0 Å². The highest BCUT2D eigenvalue weighted by molar-refractivity contribution is 7.92. The van der Waals surface area contributed by atoms with E-state index in [2.05, 4.69) is 10.2 Å². The van der Waals surface area contributed by atoms with Gasteiger partial charge in [-0.1, -0.05) is 6.42 Å². The molecule has 0 aliphatic carbocycles. The van der Waals surface area contributed by atoms with E-state index in [9.17, 15) is 13.5 Å². The number of aryl methyl sites for hydroxylation is 1. The molecule has 1 fully saturated rings. The summed E-state index contributed by atoms with van der Waals surface area (Å²) in [5.74, 6) is 1.68. The molecule has 0 spiro atoms. The Morgan fingerprint density at radius 1 is 1.21 bits per heavy atom. The molecule has 106 valence electrons. The van der Waals surface area contributed by atoms with Crippen LogP contribution in [-0.4, -0.2) is 39.3 Å². The Morgan fingerprint density at radius 3 is 2.84 bits per heavy atom. The maximum Gasteiger partial charge on any atom is 0.153 e. The molecule has 19 heavy (non-hydrogen) atoms. The van der Waals surface area contributed by atoms with E-state index in [1.165, 1.54) is 0 Å². The summed E-state index contributed by atoms with van der Waals surface area (Å²) in [6.07, 6.45) is 4.60. The van der Waals surface area contributed by atoms with E-state index in [0.29, 0.717) is 25.1 Å². The number of hydrogen-bond donors (Lipinski definition) is 1. The minimum atomic E-state index is -3.01. The lowest BCUT2D eigenvalue weighted by Gasteiger charge is -2.25. The van der Waals surface area contributed by atoms with Gasteiger partial charge in [0.05, 0.1) is 11.0 Å². The van der Waals surface area contributed by atoms with Crippen molar-refractivity contribution in [2.24, 2.45) is 0 Å². The first kappa shape index (κ1) is 13.1. The number of aromatic nitrogens is 3. The van der Waals surface area contributed by atoms with Crippen molar-refractivity contribution in [1.29, 1.82) is 0 Å². The van der Waals surface area contributed by atoms with Crippen LogP contribution in [0.2, 0.25) is 0 Å². The van der Waals surface area contributed by atoms with Crippen LogP contribution in [-0.2, 0) is 22.7 Å². The molecule has 0 saturated carbocycles. The summed E-state index contributed by atoms with van der Waals surface area (Å²) in [6.45, 7) is 0. The summed E-state index contributed by atoms with van der Waals surface area (Å²) in [5, 5.41) is 17.8. The summed E-state index contributed by atoms with van der Waals surface area (Å²) in [6, 6.07) is 0. The monoisotopic (exact) mass is 285 g/mol. The van der Waals surface area contributed by atoms with Crippen molar-refractivity contribution in [3.63, 3.8) is 0 Å². The van der Waals surface area contributed by atoms with E-state index in [-0.39, 0.29) is 11.0 Å². The second kappa shape index (κ2) is 4.86. The molecule has 1 N–H and O–H groups in total. The fourth-order valence-corrected chi connectivity index (χ4v) is 4.91. The molecule has 3 heterocycles. The molecule has 7 heteroatoms. The highest BCUT2D eigenvalue weighted by Gasteiger charge is 2.32. The molecule has 2 aliphatic heterocycles. The molecule has 3 rings (SSSR count). The van der Waals surface area contributed by atoms with Gasteiger partial charge >= 0.3 is 0 Å². The maximum absolute atomic E-state index is 12.0. The molecule has 6 nitrogen and oxygen atoms in total. The zero-order valence-corrected chi connectivity index (χ0v) is 11.6. The van der Waals surface area contributed by atoms with Crippen molar-refractivity contribution < 1.29 is 13.5 Å². The molecular formula is C12H19N3O3S. The predicted molar refractivity (Wildman–Crippen MR) is 69.3 cm³/mol. The van der Waals surface area contributed by atoms with Crippen molar-refractivity contribution in [2.45, 2.75) is 56.4 Å². The Kier molecular flexibility index (Phi) is 3.34. The summed E-state index contributed by atoms with van der Waals surface area (Å²) < 4.78 is 25.8. The molecular weight excluding hydrogens is 266 g/mol. The largest absolute Gasteiger partial charge is 0.373 e. The number of fused-ring (bicyclic) bond motifs is 1. The van der Waals surface area contributed by atoms with Gasteiger partial charge in [0.1, 0.15) is 17.9 Å². The highest BCUT2D eigenvalue weighted by Crippen LogP contribution is 2.27. The molecule has 1 aromatic heterocycles. The van der Waals surface area contributed by atoms with E-state index in [1.54, 1.807) is 4.57 Å². The van der Waals surface area contributed by atoms with Gasteiger partial charge in [0.25, 0.3) is 0 Å². The van der Waals surface area contributed by atoms with Crippen molar-refractivity contribution in [2.75, 3.05) is 5.75 Å². The number of hydrogen-bond acceptors (Lipinski definition) is 5. The van der Waals surface area contributed by atoms with Gasteiger partial charge in [-0.15, -0.1) is 10.2 Å². The van der Waals surface area contributed by atoms with Gasteiger partial charge in [-0.3, -0.25) is 4.57 Å². The van der Waals surface area contributed by atoms with Gasteiger partial charge in [-0.2, -0.15) is 0 Å². The van der Waals surface area contributed by atoms with Crippen LogP contribution >= 0.6 is 0 Å². The van der Waals surface area contributed by atoms with E-state index in [1.807, 2.05) is 0 Å². The first-order valence-electron chi connectivity index (χ1n) is 6.90. The molecule has 0 amide bonds. The molecule has 0 bridgehead atoms. The standard InChI is InChI=1S/C12H19N3O3S/c16-12-6-3-5-10-13-14-11(15(10)12)8-9-4-1-2-7-19(9,17)18/h9,12,16H,1-8H2. The maximum atomic E-state index is 12.0. The Labute approximate surface area is 112 Å². The average Bonchev–Trinajstić information content (AvgIpc) is 2.77. The Bertz CT molecular complexity index is 567. The molecule has 2 atom stereocenters. The van der Waals surface area contributed by atoms with Crippen LogP contribution < -0.4 is 0 Å². The lowest BCUT2D eigenvalue weighted by Crippen LogP contribution is -2.32. The SMILES string of the molecule is O=S1(=O)CCCCC1Cc1nnc2n1C(O)CCC2. The zero-order valence-electron chi connectivity index (χ0n) is 10.8. The molecule has 2 unspecified atom stereocenters. The smallest absolute Gasteiger partial charge is 0.153 e. The summed E-state index contributed by atoms with van der Waals surface area (Å²) in [5.41, 5.74) is 0. The topological polar surface area (TPSA) is 85.1 Å². The Morgan fingerprint density at radius 2 is 2.05 bits per heavy atom. The highest BCUT2D eigenvalue weighted by atomic mass is 32.2. The number of nitrogens with zero attached hydrogens (tertiary/aromatic N) is 3.